The Morgan fingerprint density at radius 1 is 1.50 bits per heavy atom. The normalized spacial score (nSPS) is 17.8. The molecule has 1 fully saturated rings. The van der Waals surface area contributed by atoms with Crippen molar-refractivity contribution >= 4 is 17.2 Å². The summed E-state index contributed by atoms with van der Waals surface area (Å²) in [6.45, 7) is 7.05. The SMILES string of the molecule is Cc1ncsc1CN(CC1CCNC1)C(=O)c1ncoc1C. The van der Waals surface area contributed by atoms with Crippen LogP contribution in [0.1, 0.15) is 33.2 Å². The number of oxazole rings is 1. The number of aryl methyl sites for hydroxylation is 2. The molecule has 1 N–H and O–H groups in total. The summed E-state index contributed by atoms with van der Waals surface area (Å²) in [6, 6.07) is 0. The van der Waals surface area contributed by atoms with Gasteiger partial charge in [-0.15, -0.1) is 11.3 Å². The number of nitrogens with one attached hydrogen (secondary N) is 1. The Hall–Kier alpha value is -1.73. The van der Waals surface area contributed by atoms with E-state index >= 15 is 0 Å². The van der Waals surface area contributed by atoms with Crippen LogP contribution >= 0.6 is 11.3 Å². The molecule has 6 nitrogen and oxygen atoms in total. The maximum atomic E-state index is 12.8. The first kappa shape index (κ1) is 15.2. The number of amides is 1. The molecule has 0 radical (unpaired) electrons. The predicted octanol–water partition coefficient (Wildman–Crippen LogP) is 2.00. The molecule has 1 unspecified atom stereocenters. The van der Waals surface area contributed by atoms with Crippen molar-refractivity contribution in [2.75, 3.05) is 19.6 Å². The Bertz CT molecular complexity index is 646. The molecule has 0 aromatic carbocycles. The second-order valence-corrected chi connectivity index (χ2v) is 6.60. The maximum absolute atomic E-state index is 12.8. The van der Waals surface area contributed by atoms with E-state index in [1.54, 1.807) is 18.3 Å². The average molecular weight is 320 g/mol. The zero-order valence-corrected chi connectivity index (χ0v) is 13.7. The quantitative estimate of drug-likeness (QED) is 0.912. The molecule has 22 heavy (non-hydrogen) atoms. The molecule has 3 heterocycles. The van der Waals surface area contributed by atoms with Gasteiger partial charge in [-0.1, -0.05) is 0 Å². The highest BCUT2D eigenvalue weighted by Crippen LogP contribution is 2.20. The van der Waals surface area contributed by atoms with E-state index in [-0.39, 0.29) is 5.91 Å². The topological polar surface area (TPSA) is 71.3 Å². The van der Waals surface area contributed by atoms with Crippen LogP contribution < -0.4 is 5.32 Å². The highest BCUT2D eigenvalue weighted by Gasteiger charge is 2.26. The molecule has 1 aliphatic rings. The van der Waals surface area contributed by atoms with Crippen LogP contribution in [0, 0.1) is 19.8 Å². The largest absolute Gasteiger partial charge is 0.448 e. The summed E-state index contributed by atoms with van der Waals surface area (Å²) in [4.78, 5) is 24.2. The molecule has 118 valence electrons. The number of hydrogen-bond acceptors (Lipinski definition) is 6. The first-order valence-corrected chi connectivity index (χ1v) is 8.32. The van der Waals surface area contributed by atoms with E-state index in [2.05, 4.69) is 15.3 Å². The van der Waals surface area contributed by atoms with E-state index in [4.69, 9.17) is 4.42 Å². The van der Waals surface area contributed by atoms with Gasteiger partial charge in [0.1, 0.15) is 5.76 Å². The van der Waals surface area contributed by atoms with Gasteiger partial charge in [0.15, 0.2) is 12.1 Å². The van der Waals surface area contributed by atoms with E-state index in [9.17, 15) is 4.79 Å². The maximum Gasteiger partial charge on any atom is 0.276 e. The summed E-state index contributed by atoms with van der Waals surface area (Å²) < 4.78 is 5.18. The van der Waals surface area contributed by atoms with Crippen LogP contribution in [0.3, 0.4) is 0 Å². The summed E-state index contributed by atoms with van der Waals surface area (Å²) in [6.07, 6.45) is 2.43. The molecule has 2 aromatic rings. The Morgan fingerprint density at radius 3 is 2.95 bits per heavy atom. The van der Waals surface area contributed by atoms with Gasteiger partial charge in [-0.2, -0.15) is 0 Å². The molecular weight excluding hydrogens is 300 g/mol. The lowest BCUT2D eigenvalue weighted by atomic mass is 10.1. The van der Waals surface area contributed by atoms with Crippen LogP contribution in [0.5, 0.6) is 0 Å². The van der Waals surface area contributed by atoms with Crippen LogP contribution in [0.25, 0.3) is 0 Å². The highest BCUT2D eigenvalue weighted by atomic mass is 32.1. The van der Waals surface area contributed by atoms with E-state index in [1.807, 2.05) is 17.3 Å². The predicted molar refractivity (Wildman–Crippen MR) is 83.8 cm³/mol. The van der Waals surface area contributed by atoms with Gasteiger partial charge in [-0.3, -0.25) is 4.79 Å². The molecule has 0 bridgehead atoms. The molecule has 1 saturated heterocycles. The number of carbonyl (C=O) groups excluding carboxylic acids is 1. The van der Waals surface area contributed by atoms with Crippen LogP contribution in [0.15, 0.2) is 16.3 Å². The van der Waals surface area contributed by atoms with Crippen molar-refractivity contribution in [1.29, 1.82) is 0 Å². The van der Waals surface area contributed by atoms with Crippen molar-refractivity contribution in [2.45, 2.75) is 26.8 Å². The van der Waals surface area contributed by atoms with Crippen molar-refractivity contribution in [2.24, 2.45) is 5.92 Å². The third-order valence-corrected chi connectivity index (χ3v) is 4.97. The highest BCUT2D eigenvalue weighted by molar-refractivity contribution is 7.09. The van der Waals surface area contributed by atoms with E-state index in [0.717, 1.165) is 36.6 Å². The number of carbonyl (C=O) groups is 1. The standard InChI is InChI=1S/C15H20N4O2S/c1-10-13(22-9-18-10)7-19(6-12-3-4-16-5-12)15(20)14-11(2)21-8-17-14/h8-9,12,16H,3-7H2,1-2H3. The van der Waals surface area contributed by atoms with Gasteiger partial charge in [-0.25, -0.2) is 9.97 Å². The van der Waals surface area contributed by atoms with Gasteiger partial charge in [0.05, 0.1) is 17.7 Å². The first-order valence-electron chi connectivity index (χ1n) is 7.44. The Balaban J connectivity index is 1.80. The van der Waals surface area contributed by atoms with Gasteiger partial charge in [0.25, 0.3) is 5.91 Å². The first-order chi connectivity index (χ1) is 10.6. The molecule has 3 rings (SSSR count). The van der Waals surface area contributed by atoms with Gasteiger partial charge in [-0.05, 0) is 39.3 Å². The minimum Gasteiger partial charge on any atom is -0.448 e. The second kappa shape index (κ2) is 6.58. The number of nitrogens with zero attached hydrogens (tertiary/aromatic N) is 3. The lowest BCUT2D eigenvalue weighted by Gasteiger charge is -2.24. The van der Waals surface area contributed by atoms with E-state index in [1.165, 1.54) is 6.39 Å². The fraction of sp³-hybridized carbons (Fsp3) is 0.533. The monoisotopic (exact) mass is 320 g/mol. The molecule has 0 aliphatic carbocycles. The van der Waals surface area contributed by atoms with Crippen molar-refractivity contribution in [3.63, 3.8) is 0 Å². The minimum absolute atomic E-state index is 0.0639. The Kier molecular flexibility index (Phi) is 4.54. The van der Waals surface area contributed by atoms with Crippen LogP contribution in [0.4, 0.5) is 0 Å². The second-order valence-electron chi connectivity index (χ2n) is 5.66. The van der Waals surface area contributed by atoms with Crippen LogP contribution in [-0.2, 0) is 6.54 Å². The summed E-state index contributed by atoms with van der Waals surface area (Å²) in [5.41, 5.74) is 3.23. The smallest absolute Gasteiger partial charge is 0.276 e. The minimum atomic E-state index is -0.0639. The van der Waals surface area contributed by atoms with Crippen molar-refractivity contribution in [3.05, 3.63) is 33.9 Å². The fourth-order valence-electron chi connectivity index (χ4n) is 2.71. The van der Waals surface area contributed by atoms with Gasteiger partial charge < -0.3 is 14.6 Å². The summed E-state index contributed by atoms with van der Waals surface area (Å²) in [5, 5.41) is 3.35. The van der Waals surface area contributed by atoms with Crippen LogP contribution in [-0.4, -0.2) is 40.4 Å². The van der Waals surface area contributed by atoms with Crippen molar-refractivity contribution < 1.29 is 9.21 Å². The lowest BCUT2D eigenvalue weighted by Crippen LogP contribution is -2.36. The Labute approximate surface area is 133 Å². The molecule has 0 saturated carbocycles. The third kappa shape index (κ3) is 3.20. The van der Waals surface area contributed by atoms with Crippen molar-refractivity contribution in [1.82, 2.24) is 20.2 Å². The summed E-state index contributed by atoms with van der Waals surface area (Å²) in [7, 11) is 0. The molecule has 1 amide bonds. The van der Waals surface area contributed by atoms with E-state index in [0.29, 0.717) is 23.9 Å². The zero-order valence-electron chi connectivity index (χ0n) is 12.8. The van der Waals surface area contributed by atoms with Gasteiger partial charge in [0.2, 0.25) is 0 Å². The number of aromatic nitrogens is 2. The molecule has 1 atom stereocenters. The zero-order chi connectivity index (χ0) is 15.5. The molecule has 2 aromatic heterocycles. The number of rotatable bonds is 5. The molecular formula is C15H20N4O2S. The number of thiazole rings is 1. The van der Waals surface area contributed by atoms with Crippen LogP contribution in [0.2, 0.25) is 0 Å². The van der Waals surface area contributed by atoms with Gasteiger partial charge >= 0.3 is 0 Å². The fourth-order valence-corrected chi connectivity index (χ4v) is 3.50. The van der Waals surface area contributed by atoms with Gasteiger partial charge in [0, 0.05) is 11.4 Å². The number of hydrogen-bond donors (Lipinski definition) is 1. The average Bonchev–Trinajstić information content (AvgIpc) is 3.22. The molecule has 0 spiro atoms. The molecule has 7 heteroatoms. The van der Waals surface area contributed by atoms with E-state index < -0.39 is 0 Å². The molecule has 1 aliphatic heterocycles. The summed E-state index contributed by atoms with van der Waals surface area (Å²) >= 11 is 1.59. The van der Waals surface area contributed by atoms with Crippen molar-refractivity contribution in [3.8, 4) is 0 Å². The third-order valence-electron chi connectivity index (χ3n) is 4.05. The Morgan fingerprint density at radius 2 is 2.36 bits per heavy atom. The lowest BCUT2D eigenvalue weighted by molar-refractivity contribution is 0.0713. The summed E-state index contributed by atoms with van der Waals surface area (Å²) in [5.74, 6) is 0.996.